The van der Waals surface area contributed by atoms with Crippen LogP contribution in [-0.4, -0.2) is 67.8 Å². The number of rotatable bonds is 11. The number of esters is 1. The van der Waals surface area contributed by atoms with Crippen molar-refractivity contribution < 1.29 is 38.1 Å². The van der Waals surface area contributed by atoms with E-state index in [1.165, 1.54) is 29.9 Å². The highest BCUT2D eigenvalue weighted by atomic mass is 31.2. The van der Waals surface area contributed by atoms with Gasteiger partial charge in [0.05, 0.1) is 12.3 Å². The Morgan fingerprint density at radius 2 is 2.07 bits per heavy atom. The van der Waals surface area contributed by atoms with Gasteiger partial charge in [0.2, 0.25) is 5.60 Å². The summed E-state index contributed by atoms with van der Waals surface area (Å²) in [4.78, 5) is 16.5. The number of nitrogens with one attached hydrogen (secondary N) is 1. The molecule has 41 heavy (non-hydrogen) atoms. The number of hydrogen-bond donors (Lipinski definition) is 4. The van der Waals surface area contributed by atoms with Crippen LogP contribution >= 0.6 is 7.75 Å². The van der Waals surface area contributed by atoms with Crippen molar-refractivity contribution in [3.05, 3.63) is 54.5 Å². The zero-order valence-electron chi connectivity index (χ0n) is 22.2. The molecule has 2 aliphatic rings. The molecule has 6 atom stereocenters. The summed E-state index contributed by atoms with van der Waals surface area (Å²) < 4.78 is 37.8. The van der Waals surface area contributed by atoms with Gasteiger partial charge in [-0.15, -0.1) is 0 Å². The Kier molecular flexibility index (Phi) is 8.28. The molecule has 2 aromatic heterocycles. The largest absolute Gasteiger partial charge is 0.464 e. The lowest BCUT2D eigenvalue weighted by molar-refractivity contribution is -0.147. The maximum atomic E-state index is 13.9. The van der Waals surface area contributed by atoms with Gasteiger partial charge >= 0.3 is 13.7 Å². The number of ether oxygens (including phenoxy) is 2. The van der Waals surface area contributed by atoms with Gasteiger partial charge in [-0.2, -0.15) is 15.4 Å². The molecule has 3 aromatic rings. The molecule has 218 valence electrons. The fourth-order valence-electron chi connectivity index (χ4n) is 4.64. The number of aliphatic hydroxyl groups is 2. The first-order valence-corrected chi connectivity index (χ1v) is 14.7. The Morgan fingerprint density at radius 3 is 2.76 bits per heavy atom. The van der Waals surface area contributed by atoms with E-state index < -0.39 is 50.3 Å². The minimum Gasteiger partial charge on any atom is -0.464 e. The number of aliphatic hydroxyl groups excluding tert-OH is 2. The van der Waals surface area contributed by atoms with Crippen LogP contribution in [-0.2, 0) is 23.4 Å². The lowest BCUT2D eigenvalue weighted by atomic mass is 9.86. The van der Waals surface area contributed by atoms with Crippen molar-refractivity contribution in [2.45, 2.75) is 56.1 Å². The van der Waals surface area contributed by atoms with E-state index >= 15 is 0 Å². The van der Waals surface area contributed by atoms with Gasteiger partial charge in [0.1, 0.15) is 54.6 Å². The Hall–Kier alpha value is -3.57. The number of nitriles is 1. The highest BCUT2D eigenvalue weighted by Gasteiger charge is 2.57. The Morgan fingerprint density at radius 1 is 1.32 bits per heavy atom. The molecule has 0 bridgehead atoms. The number of aromatic nitrogens is 3. The second kappa shape index (κ2) is 11.7. The van der Waals surface area contributed by atoms with Gasteiger partial charge in [-0.25, -0.2) is 14.1 Å². The number of anilines is 1. The molecule has 1 aliphatic heterocycles. The first kappa shape index (κ1) is 28.9. The van der Waals surface area contributed by atoms with Crippen LogP contribution in [0.15, 0.2) is 48.8 Å². The third-order valence-corrected chi connectivity index (χ3v) is 8.87. The van der Waals surface area contributed by atoms with Gasteiger partial charge in [-0.1, -0.05) is 24.6 Å². The van der Waals surface area contributed by atoms with E-state index in [4.69, 9.17) is 24.3 Å². The molecule has 1 saturated heterocycles. The number of carbonyl (C=O) groups is 1. The summed E-state index contributed by atoms with van der Waals surface area (Å²) >= 11 is 0. The predicted molar refractivity (Wildman–Crippen MR) is 143 cm³/mol. The number of nitrogen functional groups attached to an aromatic ring is 1. The molecule has 1 unspecified atom stereocenters. The molecule has 1 aromatic carbocycles. The Balaban J connectivity index is 1.35. The van der Waals surface area contributed by atoms with Crippen molar-refractivity contribution in [2.75, 3.05) is 18.9 Å². The van der Waals surface area contributed by atoms with Crippen LogP contribution in [0.4, 0.5) is 5.82 Å². The van der Waals surface area contributed by atoms with Crippen LogP contribution in [0.25, 0.3) is 5.52 Å². The normalized spacial score (nSPS) is 26.5. The highest BCUT2D eigenvalue weighted by Crippen LogP contribution is 2.48. The Labute approximate surface area is 235 Å². The summed E-state index contributed by atoms with van der Waals surface area (Å²) in [5.74, 6) is -0.000628. The van der Waals surface area contributed by atoms with Crippen LogP contribution in [0.5, 0.6) is 5.75 Å². The molecule has 0 radical (unpaired) electrons. The molecular weight excluding hydrogens is 555 g/mol. The molecule has 5 rings (SSSR count). The van der Waals surface area contributed by atoms with Gasteiger partial charge in [0, 0.05) is 0 Å². The lowest BCUT2D eigenvalue weighted by Gasteiger charge is -2.29. The van der Waals surface area contributed by atoms with Crippen molar-refractivity contribution in [3.63, 3.8) is 0 Å². The maximum Gasteiger partial charge on any atom is 0.459 e. The van der Waals surface area contributed by atoms with Crippen molar-refractivity contribution >= 4 is 25.1 Å². The van der Waals surface area contributed by atoms with Gasteiger partial charge in [-0.05, 0) is 49.9 Å². The topological polar surface area (TPSA) is 204 Å². The van der Waals surface area contributed by atoms with Crippen molar-refractivity contribution in [1.82, 2.24) is 19.7 Å². The number of benzene rings is 1. The zero-order chi connectivity index (χ0) is 29.2. The second-order valence-corrected chi connectivity index (χ2v) is 11.8. The quantitative estimate of drug-likeness (QED) is 0.187. The smallest absolute Gasteiger partial charge is 0.459 e. The van der Waals surface area contributed by atoms with E-state index in [0.29, 0.717) is 17.1 Å². The van der Waals surface area contributed by atoms with Crippen molar-refractivity contribution in [1.29, 1.82) is 5.26 Å². The highest BCUT2D eigenvalue weighted by molar-refractivity contribution is 7.52. The van der Waals surface area contributed by atoms with Crippen LogP contribution in [0.2, 0.25) is 0 Å². The van der Waals surface area contributed by atoms with Crippen LogP contribution < -0.4 is 15.3 Å². The van der Waals surface area contributed by atoms with E-state index in [-0.39, 0.29) is 18.2 Å². The average molecular weight is 587 g/mol. The average Bonchev–Trinajstić information content (AvgIpc) is 3.47. The summed E-state index contributed by atoms with van der Waals surface area (Å²) in [5.41, 5.74) is 4.45. The van der Waals surface area contributed by atoms with Crippen LogP contribution in [0.1, 0.15) is 38.0 Å². The molecule has 14 nitrogen and oxygen atoms in total. The number of para-hydroxylation sites is 1. The first-order valence-electron chi connectivity index (χ1n) is 13.1. The summed E-state index contributed by atoms with van der Waals surface area (Å²) in [6, 6.07) is 12.0. The molecule has 2 fully saturated rings. The number of carbonyl (C=O) groups excluding carboxylic acids is 1. The molecule has 15 heteroatoms. The summed E-state index contributed by atoms with van der Waals surface area (Å²) in [5, 5.41) is 38.6. The monoisotopic (exact) mass is 586 g/mol. The van der Waals surface area contributed by atoms with Gasteiger partial charge in [0.15, 0.2) is 5.82 Å². The molecule has 0 amide bonds. The first-order chi connectivity index (χ1) is 19.6. The molecule has 0 spiro atoms. The van der Waals surface area contributed by atoms with Crippen LogP contribution in [0.3, 0.4) is 0 Å². The van der Waals surface area contributed by atoms with Crippen molar-refractivity contribution in [2.24, 2.45) is 5.92 Å². The molecule has 1 saturated carbocycles. The minimum atomic E-state index is -4.39. The number of nitrogens with two attached hydrogens (primary N) is 1. The molecular formula is C26H31N6O8P. The summed E-state index contributed by atoms with van der Waals surface area (Å²) in [7, 11) is -4.39. The summed E-state index contributed by atoms with van der Waals surface area (Å²) in [6.07, 6.45) is -0.320. The van der Waals surface area contributed by atoms with Crippen LogP contribution in [0, 0.1) is 17.2 Å². The van der Waals surface area contributed by atoms with E-state index in [1.54, 1.807) is 30.3 Å². The van der Waals surface area contributed by atoms with Crippen molar-refractivity contribution in [3.8, 4) is 11.8 Å². The third-order valence-electron chi connectivity index (χ3n) is 7.25. The van der Waals surface area contributed by atoms with E-state index in [9.17, 15) is 24.8 Å². The number of fused-ring (bicyclic) bond motifs is 1. The zero-order valence-corrected chi connectivity index (χ0v) is 23.1. The molecule has 1 aliphatic carbocycles. The number of nitrogens with zero attached hydrogens (tertiary/aromatic N) is 4. The summed E-state index contributed by atoms with van der Waals surface area (Å²) in [6.45, 7) is 0.913. The maximum absolute atomic E-state index is 13.9. The fourth-order valence-corrected chi connectivity index (χ4v) is 6.16. The second-order valence-electron chi connectivity index (χ2n) is 10.1. The standard InChI is InChI=1S/C26H31N6O8P/c1-16(25(35)37-12-17-6-5-7-17)31-41(36,40-18-8-3-2-4-9-18)38-14-26(13-27)23(34)21(33)22(39-26)19-10-11-20-24(28)29-15-30-32(19)20/h2-4,8-11,15-17,21-23,33-34H,5-7,12,14H2,1H3,(H,31,36)(H2,28,29,30)/t16-,21-,22-,23-,26+,41?/m0/s1. The van der Waals surface area contributed by atoms with Gasteiger partial charge in [0.25, 0.3) is 0 Å². The van der Waals surface area contributed by atoms with E-state index in [0.717, 1.165) is 19.3 Å². The lowest BCUT2D eigenvalue weighted by Crippen LogP contribution is -2.46. The number of hydrogen-bond acceptors (Lipinski definition) is 12. The Bertz CT molecular complexity index is 1480. The van der Waals surface area contributed by atoms with Gasteiger partial charge < -0.3 is 29.9 Å². The van der Waals surface area contributed by atoms with E-state index in [1.807, 2.05) is 6.07 Å². The fraction of sp³-hybridized carbons (Fsp3) is 0.462. The predicted octanol–water partition coefficient (Wildman–Crippen LogP) is 1.89. The minimum absolute atomic E-state index is 0.159. The molecule has 5 N–H and O–H groups in total. The SMILES string of the molecule is C[C@H](NP(=O)(OC[C@@]1(C#N)O[C@@H](c2ccc3c(N)ncnn23)[C@H](O)[C@@H]1O)Oc1ccccc1)C(=O)OCC1CCC1. The van der Waals surface area contributed by atoms with E-state index in [2.05, 4.69) is 15.2 Å². The molecule has 3 heterocycles. The van der Waals surface area contributed by atoms with Gasteiger partial charge in [-0.3, -0.25) is 9.32 Å². The third kappa shape index (κ3) is 5.92.